The highest BCUT2D eigenvalue weighted by molar-refractivity contribution is 6.30. The number of hydrogen-bond acceptors (Lipinski definition) is 10. The summed E-state index contributed by atoms with van der Waals surface area (Å²) in [5.74, 6) is -4.75. The Hall–Kier alpha value is -5.51. The van der Waals surface area contributed by atoms with Crippen molar-refractivity contribution < 1.29 is 49.8 Å². The molecule has 1 atom stereocenters. The van der Waals surface area contributed by atoms with E-state index in [2.05, 4.69) is 0 Å². The summed E-state index contributed by atoms with van der Waals surface area (Å²) < 4.78 is 5.87. The maximum Gasteiger partial charge on any atom is 0.201 e. The third kappa shape index (κ3) is 5.37. The van der Waals surface area contributed by atoms with E-state index < -0.39 is 51.6 Å². The molecule has 0 saturated carbocycles. The van der Waals surface area contributed by atoms with E-state index in [9.17, 15) is 45.0 Å². The van der Waals surface area contributed by atoms with Gasteiger partial charge in [-0.1, -0.05) is 0 Å². The van der Waals surface area contributed by atoms with E-state index >= 15 is 0 Å². The van der Waals surface area contributed by atoms with Crippen LogP contribution in [0.5, 0.6) is 46.0 Å². The summed E-state index contributed by atoms with van der Waals surface area (Å²) in [4.78, 5) is 38.6. The van der Waals surface area contributed by atoms with Crippen LogP contribution in [0.1, 0.15) is 86.2 Å². The largest absolute Gasteiger partial charge is 0.508 e. The fraction of sp³-hybridized carbons (Fsp3) is 0.206. The van der Waals surface area contributed by atoms with Crippen molar-refractivity contribution in [1.82, 2.24) is 0 Å². The van der Waals surface area contributed by atoms with Crippen molar-refractivity contribution in [2.24, 2.45) is 0 Å². The number of carbonyl (C=O) groups is 3. The molecule has 0 amide bonds. The normalized spacial score (nSPS) is 12.9. The minimum Gasteiger partial charge on any atom is -0.508 e. The van der Waals surface area contributed by atoms with Gasteiger partial charge in [0, 0.05) is 52.8 Å². The smallest absolute Gasteiger partial charge is 0.201 e. The number of aryl methyl sites for hydroxylation is 2. The number of ketones is 3. The van der Waals surface area contributed by atoms with Crippen molar-refractivity contribution in [1.29, 1.82) is 0 Å². The highest BCUT2D eigenvalue weighted by Gasteiger charge is 2.38. The van der Waals surface area contributed by atoms with Gasteiger partial charge >= 0.3 is 0 Å². The molecule has 0 radical (unpaired) electrons. The maximum atomic E-state index is 13.6. The standard InChI is InChI=1S/C34H30O10/c1-15-7-18(36)10-20(8-15)44-21-9-16(2)28(26(39)13-21)22(6-4-5-17(3)35)29-27(40)14-24-31(33(29)42)34(43)30-23(32(24)41)11-19(37)12-25(30)38/h7-14,22,36-40,42H,4-6H2,1-3H3. The van der Waals surface area contributed by atoms with Crippen molar-refractivity contribution in [2.45, 2.75) is 46.0 Å². The molecule has 1 aliphatic rings. The molecule has 4 aromatic carbocycles. The second kappa shape index (κ2) is 11.3. The second-order valence-electron chi connectivity index (χ2n) is 11.1. The summed E-state index contributed by atoms with van der Waals surface area (Å²) >= 11 is 0. The SMILES string of the molecule is CC(=O)CCCC(c1c(C)cc(Oc2cc(C)cc(O)c2)cc1O)c1c(O)cc2c(c1O)C(=O)c1c(O)cc(O)cc1C2=O. The van der Waals surface area contributed by atoms with Gasteiger partial charge in [0.15, 0.2) is 5.78 Å². The van der Waals surface area contributed by atoms with Gasteiger partial charge in [-0.25, -0.2) is 0 Å². The molecule has 0 fully saturated rings. The number of ether oxygens (including phenoxy) is 1. The zero-order valence-corrected chi connectivity index (χ0v) is 24.1. The van der Waals surface area contributed by atoms with Crippen molar-refractivity contribution >= 4 is 17.3 Å². The lowest BCUT2D eigenvalue weighted by molar-refractivity contribution is -0.117. The van der Waals surface area contributed by atoms with Gasteiger partial charge < -0.3 is 40.2 Å². The van der Waals surface area contributed by atoms with Gasteiger partial charge in [-0.05, 0) is 75.1 Å². The van der Waals surface area contributed by atoms with Gasteiger partial charge in [-0.2, -0.15) is 0 Å². The minimum atomic E-state index is -0.950. The van der Waals surface area contributed by atoms with Crippen LogP contribution in [0.15, 0.2) is 48.5 Å². The van der Waals surface area contributed by atoms with E-state index in [4.69, 9.17) is 4.74 Å². The van der Waals surface area contributed by atoms with Crippen LogP contribution in [-0.4, -0.2) is 48.0 Å². The number of rotatable bonds is 8. The van der Waals surface area contributed by atoms with Gasteiger partial charge in [0.05, 0.1) is 11.1 Å². The summed E-state index contributed by atoms with van der Waals surface area (Å²) in [6, 6.07) is 10.6. The van der Waals surface area contributed by atoms with Crippen LogP contribution < -0.4 is 4.74 Å². The molecule has 0 spiro atoms. The Morgan fingerprint density at radius 2 is 1.34 bits per heavy atom. The monoisotopic (exact) mass is 598 g/mol. The van der Waals surface area contributed by atoms with Gasteiger partial charge in [0.1, 0.15) is 51.8 Å². The highest BCUT2D eigenvalue weighted by atomic mass is 16.5. The lowest BCUT2D eigenvalue weighted by Crippen LogP contribution is -2.22. The molecule has 0 aliphatic heterocycles. The van der Waals surface area contributed by atoms with E-state index in [-0.39, 0.29) is 58.1 Å². The minimum absolute atomic E-state index is 0.00207. The number of carbonyl (C=O) groups excluding carboxylic acids is 3. The molecule has 6 N–H and O–H groups in total. The van der Waals surface area contributed by atoms with Crippen LogP contribution in [0.2, 0.25) is 0 Å². The maximum absolute atomic E-state index is 13.6. The topological polar surface area (TPSA) is 182 Å². The Morgan fingerprint density at radius 1 is 0.705 bits per heavy atom. The number of benzene rings is 4. The molecule has 0 aromatic heterocycles. The van der Waals surface area contributed by atoms with Gasteiger partial charge in [0.25, 0.3) is 0 Å². The fourth-order valence-corrected chi connectivity index (χ4v) is 5.89. The van der Waals surface area contributed by atoms with Gasteiger partial charge in [-0.3, -0.25) is 9.59 Å². The molecule has 4 aromatic rings. The second-order valence-corrected chi connectivity index (χ2v) is 11.1. The fourth-order valence-electron chi connectivity index (χ4n) is 5.89. The molecule has 44 heavy (non-hydrogen) atoms. The Balaban J connectivity index is 1.64. The average molecular weight is 599 g/mol. The molecule has 0 bridgehead atoms. The molecule has 5 rings (SSSR count). The predicted octanol–water partition coefficient (Wildman–Crippen LogP) is 6.00. The van der Waals surface area contributed by atoms with E-state index in [0.717, 1.165) is 23.8 Å². The molecule has 226 valence electrons. The summed E-state index contributed by atoms with van der Waals surface area (Å²) in [7, 11) is 0. The van der Waals surface area contributed by atoms with Crippen LogP contribution in [0.4, 0.5) is 0 Å². The molecule has 1 unspecified atom stereocenters. The Kier molecular flexibility index (Phi) is 7.69. The number of fused-ring (bicyclic) bond motifs is 2. The Bertz CT molecular complexity index is 1830. The highest BCUT2D eigenvalue weighted by Crippen LogP contribution is 2.50. The summed E-state index contributed by atoms with van der Waals surface area (Å²) in [6.07, 6.45) is 0.617. The van der Waals surface area contributed by atoms with Crippen molar-refractivity contribution in [3.8, 4) is 46.0 Å². The van der Waals surface area contributed by atoms with Crippen molar-refractivity contribution in [2.75, 3.05) is 0 Å². The van der Waals surface area contributed by atoms with E-state index in [1.165, 1.54) is 19.1 Å². The van der Waals surface area contributed by atoms with Crippen LogP contribution in [0, 0.1) is 13.8 Å². The Labute approximate surface area is 252 Å². The first-order valence-corrected chi connectivity index (χ1v) is 13.8. The molecule has 0 saturated heterocycles. The van der Waals surface area contributed by atoms with Crippen molar-refractivity contribution in [3.05, 3.63) is 93.0 Å². The van der Waals surface area contributed by atoms with E-state index in [0.29, 0.717) is 17.7 Å². The quantitative estimate of drug-likeness (QED) is 0.124. The zero-order valence-electron chi connectivity index (χ0n) is 24.1. The Morgan fingerprint density at radius 3 is 2.00 bits per heavy atom. The molecular formula is C34H30O10. The first-order chi connectivity index (χ1) is 20.8. The summed E-state index contributed by atoms with van der Waals surface area (Å²) in [6.45, 7) is 4.88. The van der Waals surface area contributed by atoms with Crippen LogP contribution in [-0.2, 0) is 4.79 Å². The molecule has 10 heteroatoms. The number of hydrogen-bond donors (Lipinski definition) is 6. The first-order valence-electron chi connectivity index (χ1n) is 13.8. The number of Topliss-reactive ketones (excluding diaryl/α,β-unsaturated/α-hetero) is 1. The average Bonchev–Trinajstić information content (AvgIpc) is 2.89. The lowest BCUT2D eigenvalue weighted by atomic mass is 9.77. The first kappa shape index (κ1) is 30.0. The number of aromatic hydroxyl groups is 6. The van der Waals surface area contributed by atoms with E-state index in [1.807, 2.05) is 0 Å². The summed E-state index contributed by atoms with van der Waals surface area (Å²) in [5, 5.41) is 64.2. The zero-order chi connectivity index (χ0) is 32.0. The molecule has 10 nitrogen and oxygen atoms in total. The number of phenolic OH excluding ortho intramolecular Hbond substituents is 6. The number of phenols is 6. The van der Waals surface area contributed by atoms with Crippen molar-refractivity contribution in [3.63, 3.8) is 0 Å². The van der Waals surface area contributed by atoms with Gasteiger partial charge in [0.2, 0.25) is 5.78 Å². The summed E-state index contributed by atoms with van der Waals surface area (Å²) in [5.41, 5.74) is -0.0702. The van der Waals surface area contributed by atoms with Crippen LogP contribution in [0.3, 0.4) is 0 Å². The third-order valence-electron chi connectivity index (χ3n) is 7.69. The van der Waals surface area contributed by atoms with E-state index in [1.54, 1.807) is 32.0 Å². The molecular weight excluding hydrogens is 568 g/mol. The van der Waals surface area contributed by atoms with Gasteiger partial charge in [-0.15, -0.1) is 0 Å². The van der Waals surface area contributed by atoms with Crippen LogP contribution >= 0.6 is 0 Å². The lowest BCUT2D eigenvalue weighted by Gasteiger charge is -2.27. The van der Waals surface area contributed by atoms with Crippen LogP contribution in [0.25, 0.3) is 0 Å². The third-order valence-corrected chi connectivity index (χ3v) is 7.69. The predicted molar refractivity (Wildman–Crippen MR) is 159 cm³/mol. The molecule has 1 aliphatic carbocycles. The molecule has 0 heterocycles.